The predicted octanol–water partition coefficient (Wildman–Crippen LogP) is 1.57. The van der Waals surface area contributed by atoms with Crippen LogP contribution in [0.2, 0.25) is 0 Å². The van der Waals surface area contributed by atoms with Gasteiger partial charge in [-0.15, -0.1) is 11.8 Å². The molecule has 4 nitrogen and oxygen atoms in total. The second kappa shape index (κ2) is 4.84. The average molecular weight is 238 g/mol. The molecule has 0 aromatic carbocycles. The molecule has 16 heavy (non-hydrogen) atoms. The number of thioether (sulfide) groups is 1. The molecular formula is C11H14N2O2S. The largest absolute Gasteiger partial charge is 0.480 e. The van der Waals surface area contributed by atoms with Crippen LogP contribution in [0.5, 0.6) is 0 Å². The average Bonchev–Trinajstić information content (AvgIpc) is 2.30. The number of hydrogen-bond acceptors (Lipinski definition) is 4. The van der Waals surface area contributed by atoms with Crippen molar-refractivity contribution in [1.82, 2.24) is 10.3 Å². The van der Waals surface area contributed by atoms with E-state index < -0.39 is 12.0 Å². The highest BCUT2D eigenvalue weighted by Crippen LogP contribution is 2.32. The van der Waals surface area contributed by atoms with Gasteiger partial charge in [-0.1, -0.05) is 0 Å². The lowest BCUT2D eigenvalue weighted by Crippen LogP contribution is -2.42. The van der Waals surface area contributed by atoms with Crippen molar-refractivity contribution in [1.29, 1.82) is 0 Å². The van der Waals surface area contributed by atoms with Crippen molar-refractivity contribution in [2.45, 2.75) is 24.8 Å². The SMILES string of the molecule is Cc1ccncc1C1NC(C(=O)O)CCS1. The van der Waals surface area contributed by atoms with Crippen molar-refractivity contribution in [2.75, 3.05) is 5.75 Å². The number of carbonyl (C=O) groups is 1. The van der Waals surface area contributed by atoms with Gasteiger partial charge in [0.15, 0.2) is 0 Å². The van der Waals surface area contributed by atoms with E-state index in [2.05, 4.69) is 10.3 Å². The Morgan fingerprint density at radius 1 is 1.69 bits per heavy atom. The van der Waals surface area contributed by atoms with E-state index in [0.29, 0.717) is 6.42 Å². The molecule has 0 saturated carbocycles. The molecule has 2 rings (SSSR count). The minimum atomic E-state index is -0.771. The summed E-state index contributed by atoms with van der Waals surface area (Å²) in [6.07, 6.45) is 4.24. The van der Waals surface area contributed by atoms with E-state index in [4.69, 9.17) is 5.11 Å². The normalized spacial score (nSPS) is 25.3. The molecule has 2 atom stereocenters. The maximum Gasteiger partial charge on any atom is 0.320 e. The lowest BCUT2D eigenvalue weighted by atomic mass is 10.1. The van der Waals surface area contributed by atoms with Gasteiger partial charge in [0.05, 0.1) is 5.37 Å². The van der Waals surface area contributed by atoms with Crippen LogP contribution in [0.1, 0.15) is 22.9 Å². The van der Waals surface area contributed by atoms with Gasteiger partial charge in [-0.25, -0.2) is 0 Å². The lowest BCUT2D eigenvalue weighted by molar-refractivity contribution is -0.139. The molecule has 2 unspecified atom stereocenters. The fraction of sp³-hybridized carbons (Fsp3) is 0.455. The number of carboxylic acids is 1. The van der Waals surface area contributed by atoms with Gasteiger partial charge in [-0.05, 0) is 30.7 Å². The van der Waals surface area contributed by atoms with Gasteiger partial charge in [-0.2, -0.15) is 0 Å². The van der Waals surface area contributed by atoms with Crippen LogP contribution in [0.3, 0.4) is 0 Å². The molecule has 0 spiro atoms. The van der Waals surface area contributed by atoms with E-state index in [1.54, 1.807) is 18.0 Å². The molecule has 1 aliphatic rings. The summed E-state index contributed by atoms with van der Waals surface area (Å²) in [4.78, 5) is 15.0. The van der Waals surface area contributed by atoms with E-state index in [0.717, 1.165) is 16.9 Å². The fourth-order valence-electron chi connectivity index (χ4n) is 1.74. The van der Waals surface area contributed by atoms with E-state index in [1.807, 2.05) is 19.2 Å². The Hall–Kier alpha value is -1.07. The Morgan fingerprint density at radius 2 is 2.50 bits per heavy atom. The third kappa shape index (κ3) is 2.36. The number of rotatable bonds is 2. The zero-order valence-corrected chi connectivity index (χ0v) is 9.83. The van der Waals surface area contributed by atoms with E-state index >= 15 is 0 Å². The third-order valence-corrected chi connectivity index (χ3v) is 3.90. The van der Waals surface area contributed by atoms with Crippen LogP contribution in [0, 0.1) is 6.92 Å². The van der Waals surface area contributed by atoms with Crippen LogP contribution in [0.25, 0.3) is 0 Å². The van der Waals surface area contributed by atoms with Crippen molar-refractivity contribution < 1.29 is 9.90 Å². The highest BCUT2D eigenvalue weighted by Gasteiger charge is 2.27. The van der Waals surface area contributed by atoms with Crippen LogP contribution in [0.4, 0.5) is 0 Å². The van der Waals surface area contributed by atoms with Gasteiger partial charge in [0.25, 0.3) is 0 Å². The number of nitrogens with one attached hydrogen (secondary N) is 1. The predicted molar refractivity (Wildman–Crippen MR) is 63.3 cm³/mol. The summed E-state index contributed by atoms with van der Waals surface area (Å²) in [7, 11) is 0. The summed E-state index contributed by atoms with van der Waals surface area (Å²) in [6, 6.07) is 1.51. The quantitative estimate of drug-likeness (QED) is 0.819. The molecule has 0 radical (unpaired) electrons. The number of carboxylic acid groups (broad SMARTS) is 1. The Bertz CT molecular complexity index is 397. The summed E-state index contributed by atoms with van der Waals surface area (Å²) >= 11 is 1.74. The molecule has 0 aliphatic carbocycles. The Kier molecular flexibility index (Phi) is 3.46. The molecule has 1 saturated heterocycles. The van der Waals surface area contributed by atoms with Crippen LogP contribution < -0.4 is 5.32 Å². The van der Waals surface area contributed by atoms with Crippen LogP contribution in [0.15, 0.2) is 18.5 Å². The molecule has 2 N–H and O–H groups in total. The zero-order valence-electron chi connectivity index (χ0n) is 9.01. The Morgan fingerprint density at radius 3 is 3.19 bits per heavy atom. The molecule has 0 amide bonds. The third-order valence-electron chi connectivity index (χ3n) is 2.70. The van der Waals surface area contributed by atoms with E-state index in [1.165, 1.54) is 0 Å². The van der Waals surface area contributed by atoms with Gasteiger partial charge in [-0.3, -0.25) is 15.1 Å². The second-order valence-corrected chi connectivity index (χ2v) is 5.04. The lowest BCUT2D eigenvalue weighted by Gasteiger charge is -2.29. The van der Waals surface area contributed by atoms with Gasteiger partial charge >= 0.3 is 5.97 Å². The number of nitrogens with zero attached hydrogens (tertiary/aromatic N) is 1. The van der Waals surface area contributed by atoms with Crippen molar-refractivity contribution in [2.24, 2.45) is 0 Å². The zero-order chi connectivity index (χ0) is 11.5. The van der Waals surface area contributed by atoms with Crippen molar-refractivity contribution >= 4 is 17.7 Å². The molecule has 0 bridgehead atoms. The van der Waals surface area contributed by atoms with E-state index in [-0.39, 0.29) is 5.37 Å². The molecule has 1 aliphatic heterocycles. The summed E-state index contributed by atoms with van der Waals surface area (Å²) < 4.78 is 0. The number of pyridine rings is 1. The van der Waals surface area contributed by atoms with Gasteiger partial charge in [0.1, 0.15) is 6.04 Å². The summed E-state index contributed by atoms with van der Waals surface area (Å²) in [5.41, 5.74) is 2.23. The summed E-state index contributed by atoms with van der Waals surface area (Å²) in [5, 5.41) is 12.2. The van der Waals surface area contributed by atoms with Crippen molar-refractivity contribution in [3.05, 3.63) is 29.6 Å². The molecule has 2 heterocycles. The van der Waals surface area contributed by atoms with Crippen LogP contribution >= 0.6 is 11.8 Å². The van der Waals surface area contributed by atoms with Crippen LogP contribution in [-0.2, 0) is 4.79 Å². The monoisotopic (exact) mass is 238 g/mol. The fourth-order valence-corrected chi connectivity index (χ4v) is 3.04. The first kappa shape index (κ1) is 11.4. The number of aliphatic carboxylic acids is 1. The molecule has 86 valence electrons. The summed E-state index contributed by atoms with van der Waals surface area (Å²) in [6.45, 7) is 2.02. The topological polar surface area (TPSA) is 62.2 Å². The van der Waals surface area contributed by atoms with Crippen molar-refractivity contribution in [3.8, 4) is 0 Å². The second-order valence-electron chi connectivity index (χ2n) is 3.83. The standard InChI is InChI=1S/C11H14N2O2S/c1-7-2-4-12-6-8(7)10-13-9(11(14)15)3-5-16-10/h2,4,6,9-10,13H,3,5H2,1H3,(H,14,15). The smallest absolute Gasteiger partial charge is 0.320 e. The van der Waals surface area contributed by atoms with E-state index in [9.17, 15) is 4.79 Å². The van der Waals surface area contributed by atoms with Crippen LogP contribution in [-0.4, -0.2) is 27.9 Å². The summed E-state index contributed by atoms with van der Waals surface area (Å²) in [5.74, 6) is 0.0926. The van der Waals surface area contributed by atoms with Crippen molar-refractivity contribution in [3.63, 3.8) is 0 Å². The maximum atomic E-state index is 10.9. The number of aromatic nitrogens is 1. The molecule has 1 fully saturated rings. The minimum Gasteiger partial charge on any atom is -0.480 e. The minimum absolute atomic E-state index is 0.0450. The molecule has 5 heteroatoms. The highest BCUT2D eigenvalue weighted by atomic mass is 32.2. The van der Waals surface area contributed by atoms with Gasteiger partial charge in [0, 0.05) is 18.0 Å². The highest BCUT2D eigenvalue weighted by molar-refractivity contribution is 7.99. The van der Waals surface area contributed by atoms with Gasteiger partial charge < -0.3 is 5.11 Å². The first-order valence-corrected chi connectivity index (χ1v) is 6.24. The first-order valence-electron chi connectivity index (χ1n) is 5.19. The maximum absolute atomic E-state index is 10.9. The molecule has 1 aromatic heterocycles. The number of hydrogen-bond donors (Lipinski definition) is 2. The molecule has 1 aromatic rings. The van der Waals surface area contributed by atoms with Gasteiger partial charge in [0.2, 0.25) is 0 Å². The Balaban J connectivity index is 2.16. The number of aryl methyl sites for hydroxylation is 1. The Labute approximate surface area is 98.5 Å². The molecular weight excluding hydrogens is 224 g/mol. The first-order chi connectivity index (χ1) is 7.68.